The van der Waals surface area contributed by atoms with Gasteiger partial charge in [-0.2, -0.15) is 0 Å². The maximum absolute atomic E-state index is 12.5. The third kappa shape index (κ3) is 3.26. The van der Waals surface area contributed by atoms with Crippen LogP contribution in [0, 0.1) is 11.8 Å². The van der Waals surface area contributed by atoms with E-state index in [0.29, 0.717) is 0 Å². The van der Waals surface area contributed by atoms with Gasteiger partial charge in [0, 0.05) is 32.1 Å². The summed E-state index contributed by atoms with van der Waals surface area (Å²) in [5, 5.41) is 10.7. The fraction of sp³-hybridized carbons (Fsp3) is 0.526. The second kappa shape index (κ2) is 6.48. The molecule has 0 saturated heterocycles. The van der Waals surface area contributed by atoms with Crippen molar-refractivity contribution in [2.45, 2.75) is 38.7 Å². The number of aliphatic hydroxyl groups is 1. The van der Waals surface area contributed by atoms with Gasteiger partial charge in [0.15, 0.2) is 0 Å². The summed E-state index contributed by atoms with van der Waals surface area (Å²) in [6.07, 6.45) is -0.173. The number of Topliss-reactive ketones (excluding diaryl/α,β-unsaturated/α-hetero) is 3. The average molecular weight is 331 g/mol. The van der Waals surface area contributed by atoms with E-state index >= 15 is 0 Å². The molecular weight excluding hydrogens is 306 g/mol. The van der Waals surface area contributed by atoms with Gasteiger partial charge < -0.3 is 10.0 Å². The Hall–Kier alpha value is -2.01. The number of carbonyl (C=O) groups is 3. The minimum Gasteiger partial charge on any atom is -0.389 e. The first-order valence-corrected chi connectivity index (χ1v) is 8.09. The van der Waals surface area contributed by atoms with E-state index in [2.05, 4.69) is 0 Å². The quantitative estimate of drug-likeness (QED) is 0.854. The molecule has 1 aromatic carbocycles. The van der Waals surface area contributed by atoms with Gasteiger partial charge in [0.1, 0.15) is 17.3 Å². The third-order valence-electron chi connectivity index (χ3n) is 4.94. The van der Waals surface area contributed by atoms with Crippen molar-refractivity contribution < 1.29 is 19.5 Å². The molecule has 0 amide bonds. The fourth-order valence-electron chi connectivity index (χ4n) is 3.90. The topological polar surface area (TPSA) is 74.7 Å². The Kier molecular flexibility index (Phi) is 4.95. The van der Waals surface area contributed by atoms with Gasteiger partial charge in [-0.15, -0.1) is 0 Å². The van der Waals surface area contributed by atoms with E-state index in [1.807, 2.05) is 43.3 Å². The molecule has 0 bridgehead atoms. The molecular formula is C19H25NO4. The summed E-state index contributed by atoms with van der Waals surface area (Å²) < 4.78 is 0. The molecule has 24 heavy (non-hydrogen) atoms. The molecule has 4 atom stereocenters. The molecule has 0 heterocycles. The molecule has 130 valence electrons. The molecule has 1 aromatic rings. The van der Waals surface area contributed by atoms with Gasteiger partial charge in [0.25, 0.3) is 0 Å². The second-order valence-electron chi connectivity index (χ2n) is 7.19. The molecule has 0 aliphatic heterocycles. The zero-order valence-electron chi connectivity index (χ0n) is 14.9. The van der Waals surface area contributed by atoms with Crippen LogP contribution >= 0.6 is 0 Å². The van der Waals surface area contributed by atoms with Crippen molar-refractivity contribution in [1.29, 1.82) is 0 Å². The average Bonchev–Trinajstić information content (AvgIpc) is 2.44. The lowest BCUT2D eigenvalue weighted by molar-refractivity contribution is -0.151. The van der Waals surface area contributed by atoms with Crippen LogP contribution in [0.3, 0.4) is 0 Å². The fourth-order valence-corrected chi connectivity index (χ4v) is 3.90. The molecule has 1 saturated carbocycles. The summed E-state index contributed by atoms with van der Waals surface area (Å²) in [7, 11) is 3.83. The standard InChI is InChI=1S/C19H25NO4/c1-11(21)16-15(23)10-19(3,24)18(12(2)22)17(16)13-6-8-14(9-7-13)20(4)5/h6-9,16-18,24H,10H2,1-5H3/t16-,17-,18-,19+/m1/s1. The summed E-state index contributed by atoms with van der Waals surface area (Å²) in [6.45, 7) is 4.29. The first kappa shape index (κ1) is 18.3. The van der Waals surface area contributed by atoms with E-state index in [9.17, 15) is 19.5 Å². The molecule has 1 aliphatic rings. The molecule has 2 rings (SSSR count). The van der Waals surface area contributed by atoms with Crippen LogP contribution in [-0.4, -0.2) is 42.2 Å². The maximum atomic E-state index is 12.5. The summed E-state index contributed by atoms with van der Waals surface area (Å²) >= 11 is 0. The zero-order valence-corrected chi connectivity index (χ0v) is 14.9. The van der Waals surface area contributed by atoms with Crippen LogP contribution in [0.4, 0.5) is 5.69 Å². The second-order valence-corrected chi connectivity index (χ2v) is 7.19. The third-order valence-corrected chi connectivity index (χ3v) is 4.94. The van der Waals surface area contributed by atoms with Crippen molar-refractivity contribution in [2.75, 3.05) is 19.0 Å². The van der Waals surface area contributed by atoms with Crippen molar-refractivity contribution in [3.05, 3.63) is 29.8 Å². The van der Waals surface area contributed by atoms with Crippen LogP contribution < -0.4 is 4.90 Å². The van der Waals surface area contributed by atoms with Crippen molar-refractivity contribution in [2.24, 2.45) is 11.8 Å². The lowest BCUT2D eigenvalue weighted by atomic mass is 9.60. The molecule has 0 aromatic heterocycles. The van der Waals surface area contributed by atoms with Crippen LogP contribution in [0.1, 0.15) is 38.7 Å². The predicted molar refractivity (Wildman–Crippen MR) is 92.1 cm³/mol. The number of anilines is 1. The molecule has 5 heteroatoms. The van der Waals surface area contributed by atoms with E-state index in [1.54, 1.807) is 0 Å². The Labute approximate surface area is 142 Å². The highest BCUT2D eigenvalue weighted by atomic mass is 16.3. The maximum Gasteiger partial charge on any atom is 0.146 e. The zero-order chi connectivity index (χ0) is 18.2. The van der Waals surface area contributed by atoms with Crippen molar-refractivity contribution in [3.8, 4) is 0 Å². The smallest absolute Gasteiger partial charge is 0.146 e. The highest BCUT2D eigenvalue weighted by Gasteiger charge is 2.53. The largest absolute Gasteiger partial charge is 0.389 e. The summed E-state index contributed by atoms with van der Waals surface area (Å²) in [5.74, 6) is -3.07. The highest BCUT2D eigenvalue weighted by molar-refractivity contribution is 6.05. The Balaban J connectivity index is 2.58. The van der Waals surface area contributed by atoms with Crippen LogP contribution in [0.2, 0.25) is 0 Å². The Morgan fingerprint density at radius 1 is 1.12 bits per heavy atom. The lowest BCUT2D eigenvalue weighted by Crippen LogP contribution is -2.53. The minimum absolute atomic E-state index is 0.173. The summed E-state index contributed by atoms with van der Waals surface area (Å²) in [5.41, 5.74) is 0.264. The number of nitrogens with zero attached hydrogens (tertiary/aromatic N) is 1. The number of carbonyl (C=O) groups excluding carboxylic acids is 3. The Morgan fingerprint density at radius 2 is 1.67 bits per heavy atom. The van der Waals surface area contributed by atoms with E-state index < -0.39 is 23.4 Å². The number of hydrogen-bond acceptors (Lipinski definition) is 5. The van der Waals surface area contributed by atoms with Crippen molar-refractivity contribution >= 4 is 23.0 Å². The van der Waals surface area contributed by atoms with Crippen LogP contribution in [-0.2, 0) is 14.4 Å². The van der Waals surface area contributed by atoms with E-state index in [0.717, 1.165) is 11.3 Å². The van der Waals surface area contributed by atoms with Gasteiger partial charge in [0.05, 0.1) is 17.4 Å². The number of ketones is 3. The Bertz CT molecular complexity index is 660. The van der Waals surface area contributed by atoms with Gasteiger partial charge >= 0.3 is 0 Å². The van der Waals surface area contributed by atoms with E-state index in [1.165, 1.54) is 20.8 Å². The van der Waals surface area contributed by atoms with Crippen LogP contribution in [0.25, 0.3) is 0 Å². The number of benzene rings is 1. The monoisotopic (exact) mass is 331 g/mol. The predicted octanol–water partition coefficient (Wildman–Crippen LogP) is 1.97. The first-order valence-electron chi connectivity index (χ1n) is 8.09. The summed E-state index contributed by atoms with van der Waals surface area (Å²) in [6, 6.07) is 7.44. The highest BCUT2D eigenvalue weighted by Crippen LogP contribution is 2.46. The van der Waals surface area contributed by atoms with E-state index in [4.69, 9.17) is 0 Å². The minimum atomic E-state index is -1.44. The summed E-state index contributed by atoms with van der Waals surface area (Å²) in [4.78, 5) is 38.8. The van der Waals surface area contributed by atoms with Gasteiger partial charge in [-0.25, -0.2) is 0 Å². The van der Waals surface area contributed by atoms with Gasteiger partial charge in [-0.05, 0) is 38.5 Å². The van der Waals surface area contributed by atoms with E-state index in [-0.39, 0.29) is 23.8 Å². The molecule has 1 N–H and O–H groups in total. The molecule has 1 fully saturated rings. The molecule has 5 nitrogen and oxygen atoms in total. The normalized spacial score (nSPS) is 30.1. The van der Waals surface area contributed by atoms with Gasteiger partial charge in [0.2, 0.25) is 0 Å². The molecule has 0 radical (unpaired) electrons. The van der Waals surface area contributed by atoms with Crippen molar-refractivity contribution in [3.63, 3.8) is 0 Å². The molecule has 0 spiro atoms. The van der Waals surface area contributed by atoms with Crippen LogP contribution in [0.5, 0.6) is 0 Å². The van der Waals surface area contributed by atoms with Crippen molar-refractivity contribution in [1.82, 2.24) is 0 Å². The van der Waals surface area contributed by atoms with Gasteiger partial charge in [-0.1, -0.05) is 12.1 Å². The van der Waals surface area contributed by atoms with Gasteiger partial charge in [-0.3, -0.25) is 14.4 Å². The first-order chi connectivity index (χ1) is 11.1. The molecule has 1 aliphatic carbocycles. The SMILES string of the molecule is CC(=O)[C@@H]1C(=O)C[C@](C)(O)[C@H](C(C)=O)[C@@H]1c1ccc(N(C)C)cc1. The lowest BCUT2D eigenvalue weighted by Gasteiger charge is -2.44. The number of rotatable bonds is 4. The number of hydrogen-bond donors (Lipinski definition) is 1. The Morgan fingerprint density at radius 3 is 2.08 bits per heavy atom. The van der Waals surface area contributed by atoms with Crippen LogP contribution in [0.15, 0.2) is 24.3 Å². The molecule has 0 unspecified atom stereocenters.